The topological polar surface area (TPSA) is 30.8 Å². The third-order valence-corrected chi connectivity index (χ3v) is 0.694. The van der Waals surface area contributed by atoms with Crippen LogP contribution < -0.4 is 0 Å². The highest BCUT2D eigenvalue weighted by molar-refractivity contribution is 5.72. The third-order valence-electron chi connectivity index (χ3n) is 0.694. The number of ether oxygens (including phenoxy) is 1. The number of rotatable bonds is 3. The van der Waals surface area contributed by atoms with E-state index in [9.17, 15) is 0 Å². The van der Waals surface area contributed by atoms with E-state index in [4.69, 9.17) is 11.2 Å². The van der Waals surface area contributed by atoms with Gasteiger partial charge in [0.05, 0.1) is 6.61 Å². The molecule has 0 bridgehead atoms. The summed E-state index contributed by atoms with van der Waals surface area (Å²) in [4.78, 5) is 4.62. The monoisotopic (exact) mass is 141 g/mol. The summed E-state index contributed by atoms with van der Waals surface area (Å²) in [5.41, 5.74) is 0. The molecule has 0 N–H and O–H groups in total. The summed E-state index contributed by atoms with van der Waals surface area (Å²) in [6.07, 6.45) is 4.90. The molecule has 0 rings (SSSR count). The number of nitrogens with zero attached hydrogens (tertiary/aromatic N) is 1. The SMILES string of the molecule is C#CCO/N=C(\C)OCC. The van der Waals surface area contributed by atoms with Gasteiger partial charge >= 0.3 is 0 Å². The fraction of sp³-hybridized carbons (Fsp3) is 0.571. The Balaban J connectivity index is 3.39. The Morgan fingerprint density at radius 2 is 2.40 bits per heavy atom. The van der Waals surface area contributed by atoms with Crippen molar-refractivity contribution in [2.75, 3.05) is 13.2 Å². The smallest absolute Gasteiger partial charge is 0.222 e. The van der Waals surface area contributed by atoms with Gasteiger partial charge in [0.2, 0.25) is 5.90 Å². The third kappa shape index (κ3) is 4.98. The average Bonchev–Trinajstić information content (AvgIpc) is 1.89. The van der Waals surface area contributed by atoms with Crippen molar-refractivity contribution in [2.45, 2.75) is 13.8 Å². The fourth-order valence-electron chi connectivity index (χ4n) is 0.396. The van der Waals surface area contributed by atoms with Gasteiger partial charge in [0.1, 0.15) is 0 Å². The van der Waals surface area contributed by atoms with Crippen molar-refractivity contribution in [3.05, 3.63) is 0 Å². The van der Waals surface area contributed by atoms with Crippen LogP contribution in [0.15, 0.2) is 5.16 Å². The lowest BCUT2D eigenvalue weighted by Crippen LogP contribution is -1.99. The van der Waals surface area contributed by atoms with Crippen LogP contribution in [-0.4, -0.2) is 19.1 Å². The first-order chi connectivity index (χ1) is 4.81. The Morgan fingerprint density at radius 3 is 2.90 bits per heavy atom. The molecule has 0 aliphatic heterocycles. The van der Waals surface area contributed by atoms with Gasteiger partial charge in [-0.2, -0.15) is 0 Å². The molecule has 56 valence electrons. The Bertz CT molecular complexity index is 146. The van der Waals surface area contributed by atoms with Crippen molar-refractivity contribution in [2.24, 2.45) is 5.16 Å². The molecule has 10 heavy (non-hydrogen) atoms. The van der Waals surface area contributed by atoms with Crippen LogP contribution >= 0.6 is 0 Å². The van der Waals surface area contributed by atoms with Crippen LogP contribution in [0.3, 0.4) is 0 Å². The summed E-state index contributed by atoms with van der Waals surface area (Å²) in [5, 5.41) is 3.56. The summed E-state index contributed by atoms with van der Waals surface area (Å²) in [5.74, 6) is 2.78. The molecule has 0 aromatic heterocycles. The summed E-state index contributed by atoms with van der Waals surface area (Å²) >= 11 is 0. The maximum Gasteiger partial charge on any atom is 0.222 e. The summed E-state index contributed by atoms with van der Waals surface area (Å²) in [6, 6.07) is 0. The minimum Gasteiger partial charge on any atom is -0.479 e. The van der Waals surface area contributed by atoms with Crippen LogP contribution in [-0.2, 0) is 9.57 Å². The predicted octanol–water partition coefficient (Wildman–Crippen LogP) is 1.01. The molecule has 0 aliphatic rings. The molecule has 0 spiro atoms. The van der Waals surface area contributed by atoms with Gasteiger partial charge in [-0.1, -0.05) is 11.1 Å². The zero-order chi connectivity index (χ0) is 7.82. The molecule has 0 heterocycles. The highest BCUT2D eigenvalue weighted by Crippen LogP contribution is 1.82. The van der Waals surface area contributed by atoms with E-state index in [0.717, 1.165) is 0 Å². The molecule has 0 aliphatic carbocycles. The first-order valence-corrected chi connectivity index (χ1v) is 3.04. The van der Waals surface area contributed by atoms with Crippen LogP contribution in [0.25, 0.3) is 0 Å². The molecule has 3 heteroatoms. The highest BCUT2D eigenvalue weighted by atomic mass is 16.6. The van der Waals surface area contributed by atoms with Crippen molar-refractivity contribution < 1.29 is 9.57 Å². The quantitative estimate of drug-likeness (QED) is 0.193. The second-order valence-corrected chi connectivity index (χ2v) is 1.52. The Labute approximate surface area is 61.0 Å². The molecule has 0 amide bonds. The number of oxime groups is 1. The lowest BCUT2D eigenvalue weighted by atomic mass is 10.7. The highest BCUT2D eigenvalue weighted by Gasteiger charge is 1.86. The minimum atomic E-state index is 0.185. The number of terminal acetylenes is 1. The van der Waals surface area contributed by atoms with E-state index in [-0.39, 0.29) is 6.61 Å². The maximum atomic E-state index is 4.94. The van der Waals surface area contributed by atoms with Gasteiger partial charge in [-0.25, -0.2) is 0 Å². The Hall–Kier alpha value is -1.17. The van der Waals surface area contributed by atoms with Crippen molar-refractivity contribution in [3.8, 4) is 12.3 Å². The Kier molecular flexibility index (Phi) is 5.26. The maximum absolute atomic E-state index is 4.94. The van der Waals surface area contributed by atoms with Crippen LogP contribution in [0, 0.1) is 12.3 Å². The van der Waals surface area contributed by atoms with Crippen LogP contribution in [0.4, 0.5) is 0 Å². The van der Waals surface area contributed by atoms with Crippen molar-refractivity contribution in [1.82, 2.24) is 0 Å². The van der Waals surface area contributed by atoms with Crippen LogP contribution in [0.2, 0.25) is 0 Å². The van der Waals surface area contributed by atoms with Crippen LogP contribution in [0.1, 0.15) is 13.8 Å². The Morgan fingerprint density at radius 1 is 1.70 bits per heavy atom. The van der Waals surface area contributed by atoms with E-state index in [2.05, 4.69) is 15.9 Å². The van der Waals surface area contributed by atoms with Gasteiger partial charge in [-0.05, 0) is 6.92 Å². The zero-order valence-electron chi connectivity index (χ0n) is 6.26. The zero-order valence-corrected chi connectivity index (χ0v) is 6.26. The largest absolute Gasteiger partial charge is 0.479 e. The molecule has 0 radical (unpaired) electrons. The van der Waals surface area contributed by atoms with E-state index in [1.54, 1.807) is 6.92 Å². The number of hydrogen-bond donors (Lipinski definition) is 0. The van der Waals surface area contributed by atoms with Gasteiger partial charge in [0, 0.05) is 6.92 Å². The van der Waals surface area contributed by atoms with Crippen LogP contribution in [0.5, 0.6) is 0 Å². The summed E-state index contributed by atoms with van der Waals surface area (Å²) in [6.45, 7) is 4.36. The number of hydrogen-bond acceptors (Lipinski definition) is 3. The van der Waals surface area contributed by atoms with E-state index < -0.39 is 0 Å². The fourth-order valence-corrected chi connectivity index (χ4v) is 0.396. The molecule has 0 saturated heterocycles. The van der Waals surface area contributed by atoms with Gasteiger partial charge in [-0.15, -0.1) is 6.42 Å². The molecule has 0 saturated carbocycles. The summed E-state index contributed by atoms with van der Waals surface area (Å²) < 4.78 is 4.94. The van der Waals surface area contributed by atoms with Gasteiger partial charge < -0.3 is 9.57 Å². The normalized spacial score (nSPS) is 10.3. The standard InChI is InChI=1S/C7H11NO2/c1-4-6-10-8-7(3)9-5-2/h1H,5-6H2,2-3H3/b8-7+. The molecule has 3 nitrogen and oxygen atoms in total. The van der Waals surface area contributed by atoms with Gasteiger partial charge in [0.15, 0.2) is 6.61 Å². The molecule has 0 aromatic carbocycles. The lowest BCUT2D eigenvalue weighted by molar-refractivity contribution is 0.164. The average molecular weight is 141 g/mol. The molecule has 0 atom stereocenters. The van der Waals surface area contributed by atoms with E-state index in [1.807, 2.05) is 6.92 Å². The van der Waals surface area contributed by atoms with Crippen molar-refractivity contribution in [3.63, 3.8) is 0 Å². The minimum absolute atomic E-state index is 0.185. The summed E-state index contributed by atoms with van der Waals surface area (Å²) in [7, 11) is 0. The second kappa shape index (κ2) is 5.96. The predicted molar refractivity (Wildman–Crippen MR) is 39.5 cm³/mol. The first kappa shape index (κ1) is 8.83. The van der Waals surface area contributed by atoms with Gasteiger partial charge in [0.25, 0.3) is 0 Å². The van der Waals surface area contributed by atoms with Crippen molar-refractivity contribution >= 4 is 5.90 Å². The van der Waals surface area contributed by atoms with Crippen molar-refractivity contribution in [1.29, 1.82) is 0 Å². The lowest BCUT2D eigenvalue weighted by Gasteiger charge is -1.98. The molecule has 0 unspecified atom stereocenters. The van der Waals surface area contributed by atoms with E-state index in [0.29, 0.717) is 12.5 Å². The van der Waals surface area contributed by atoms with E-state index >= 15 is 0 Å². The van der Waals surface area contributed by atoms with E-state index in [1.165, 1.54) is 0 Å². The molecule has 0 fully saturated rings. The molecular formula is C7H11NO2. The molecular weight excluding hydrogens is 130 g/mol. The first-order valence-electron chi connectivity index (χ1n) is 3.04. The van der Waals surface area contributed by atoms with Gasteiger partial charge in [-0.3, -0.25) is 0 Å². The second-order valence-electron chi connectivity index (χ2n) is 1.52. The molecule has 0 aromatic rings.